The van der Waals surface area contributed by atoms with Gasteiger partial charge in [0, 0.05) is 13.1 Å². The van der Waals surface area contributed by atoms with Gasteiger partial charge in [0.2, 0.25) is 3.79 Å². The van der Waals surface area contributed by atoms with Gasteiger partial charge in [0.1, 0.15) is 6.17 Å². The van der Waals surface area contributed by atoms with E-state index in [0.717, 1.165) is 0 Å². The standard InChI is InChI=1S/C12H14Cl3N3O2S2/c13-12(14,15)10(16-9(19)8-2-1-7-22-8)17-11(21)18-3-5-20-6-4-18/h1-2,7,10H,3-6H2,(H,16,19)(H,17,21). The van der Waals surface area contributed by atoms with E-state index in [1.807, 2.05) is 4.90 Å². The summed E-state index contributed by atoms with van der Waals surface area (Å²) in [6, 6.07) is 3.46. The Balaban J connectivity index is 2.00. The minimum Gasteiger partial charge on any atom is -0.378 e. The SMILES string of the molecule is O=C(NC(NC(=S)N1CCOCC1)C(Cl)(Cl)Cl)c1cccs1. The van der Waals surface area contributed by atoms with Crippen molar-refractivity contribution in [1.82, 2.24) is 15.5 Å². The molecule has 0 bridgehead atoms. The van der Waals surface area contributed by atoms with Crippen LogP contribution in [0, 0.1) is 0 Å². The van der Waals surface area contributed by atoms with E-state index in [-0.39, 0.29) is 5.91 Å². The second-order valence-electron chi connectivity index (χ2n) is 4.47. The first-order valence-corrected chi connectivity index (χ1v) is 8.84. The van der Waals surface area contributed by atoms with Gasteiger partial charge in [-0.3, -0.25) is 4.79 Å². The van der Waals surface area contributed by atoms with Gasteiger partial charge in [-0.25, -0.2) is 0 Å². The van der Waals surface area contributed by atoms with Crippen LogP contribution >= 0.6 is 58.4 Å². The molecule has 1 atom stereocenters. The van der Waals surface area contributed by atoms with E-state index in [0.29, 0.717) is 36.3 Å². The highest BCUT2D eigenvalue weighted by Gasteiger charge is 2.35. The van der Waals surface area contributed by atoms with Gasteiger partial charge < -0.3 is 20.3 Å². The first-order chi connectivity index (χ1) is 10.4. The highest BCUT2D eigenvalue weighted by molar-refractivity contribution is 7.80. The summed E-state index contributed by atoms with van der Waals surface area (Å²) in [6.45, 7) is 2.47. The molecule has 1 amide bonds. The second-order valence-corrected chi connectivity index (χ2v) is 8.18. The normalized spacial score (nSPS) is 17.0. The number of halogens is 3. The van der Waals surface area contributed by atoms with Crippen LogP contribution in [-0.4, -0.2) is 52.2 Å². The lowest BCUT2D eigenvalue weighted by molar-refractivity contribution is 0.0671. The van der Waals surface area contributed by atoms with Crippen molar-refractivity contribution in [3.8, 4) is 0 Å². The highest BCUT2D eigenvalue weighted by atomic mass is 35.6. The first-order valence-electron chi connectivity index (χ1n) is 6.42. The van der Waals surface area contributed by atoms with Crippen molar-refractivity contribution in [2.45, 2.75) is 9.96 Å². The number of amides is 1. The van der Waals surface area contributed by atoms with E-state index in [1.165, 1.54) is 11.3 Å². The molecule has 1 aromatic rings. The Morgan fingerprint density at radius 1 is 1.36 bits per heavy atom. The van der Waals surface area contributed by atoms with Gasteiger partial charge in [-0.1, -0.05) is 40.9 Å². The first kappa shape index (κ1) is 18.0. The Hall–Kier alpha value is -0.310. The lowest BCUT2D eigenvalue weighted by atomic mass is 10.4. The monoisotopic (exact) mass is 401 g/mol. The quantitative estimate of drug-likeness (QED) is 0.462. The molecule has 1 aliphatic rings. The number of carbonyl (C=O) groups excluding carboxylic acids is 1. The van der Waals surface area contributed by atoms with Crippen molar-refractivity contribution in [3.63, 3.8) is 0 Å². The van der Waals surface area contributed by atoms with Crippen molar-refractivity contribution in [2.75, 3.05) is 26.3 Å². The Bertz CT molecular complexity index is 516. The van der Waals surface area contributed by atoms with E-state index in [2.05, 4.69) is 10.6 Å². The summed E-state index contributed by atoms with van der Waals surface area (Å²) in [5.41, 5.74) is 0. The predicted molar refractivity (Wildman–Crippen MR) is 94.0 cm³/mol. The van der Waals surface area contributed by atoms with E-state index in [4.69, 9.17) is 51.8 Å². The number of morpholine rings is 1. The number of thiocarbonyl (C=S) groups is 1. The number of hydrogen-bond acceptors (Lipinski definition) is 4. The van der Waals surface area contributed by atoms with Gasteiger partial charge in [0.15, 0.2) is 5.11 Å². The zero-order valence-corrected chi connectivity index (χ0v) is 15.3. The van der Waals surface area contributed by atoms with Gasteiger partial charge in [-0.15, -0.1) is 11.3 Å². The maximum absolute atomic E-state index is 12.1. The topological polar surface area (TPSA) is 53.6 Å². The summed E-state index contributed by atoms with van der Waals surface area (Å²) in [6.07, 6.45) is -0.942. The third kappa shape index (κ3) is 5.11. The summed E-state index contributed by atoms with van der Waals surface area (Å²) >= 11 is 24.4. The zero-order chi connectivity index (χ0) is 16.2. The Morgan fingerprint density at radius 2 is 2.05 bits per heavy atom. The van der Waals surface area contributed by atoms with Crippen molar-refractivity contribution in [2.24, 2.45) is 0 Å². The molecule has 1 unspecified atom stereocenters. The molecule has 1 fully saturated rings. The molecule has 1 saturated heterocycles. The number of nitrogens with one attached hydrogen (secondary N) is 2. The lowest BCUT2D eigenvalue weighted by Crippen LogP contribution is -2.59. The summed E-state index contributed by atoms with van der Waals surface area (Å²) in [7, 11) is 0. The predicted octanol–water partition coefficient (Wildman–Crippen LogP) is 2.38. The van der Waals surface area contributed by atoms with Crippen LogP contribution < -0.4 is 10.6 Å². The van der Waals surface area contributed by atoms with E-state index in [1.54, 1.807) is 17.5 Å². The minimum atomic E-state index is -1.75. The van der Waals surface area contributed by atoms with E-state index >= 15 is 0 Å². The van der Waals surface area contributed by atoms with Crippen LogP contribution in [-0.2, 0) is 4.74 Å². The van der Waals surface area contributed by atoms with Crippen molar-refractivity contribution < 1.29 is 9.53 Å². The fourth-order valence-electron chi connectivity index (χ4n) is 1.79. The van der Waals surface area contributed by atoms with E-state index in [9.17, 15) is 4.79 Å². The van der Waals surface area contributed by atoms with Gasteiger partial charge in [-0.2, -0.15) is 0 Å². The number of rotatable bonds is 3. The summed E-state index contributed by atoms with van der Waals surface area (Å²) in [5.74, 6) is -0.330. The summed E-state index contributed by atoms with van der Waals surface area (Å²) in [5, 5.41) is 7.75. The second kappa shape index (κ2) is 7.99. The molecule has 2 N–H and O–H groups in total. The molecule has 122 valence electrons. The molecule has 0 aromatic carbocycles. The Kier molecular flexibility index (Phi) is 6.55. The van der Waals surface area contributed by atoms with Crippen molar-refractivity contribution >= 4 is 69.4 Å². The minimum absolute atomic E-state index is 0.330. The lowest BCUT2D eigenvalue weighted by Gasteiger charge is -2.34. The van der Waals surface area contributed by atoms with Gasteiger partial charge >= 0.3 is 0 Å². The maximum Gasteiger partial charge on any atom is 0.263 e. The van der Waals surface area contributed by atoms with Gasteiger partial charge in [0.05, 0.1) is 18.1 Å². The van der Waals surface area contributed by atoms with Crippen LogP contribution in [0.4, 0.5) is 0 Å². The van der Waals surface area contributed by atoms with Crippen LogP contribution in [0.2, 0.25) is 0 Å². The molecule has 0 spiro atoms. The molecule has 1 aliphatic heterocycles. The molecule has 2 rings (SSSR count). The third-order valence-corrected chi connectivity index (χ3v) is 4.81. The third-order valence-electron chi connectivity index (χ3n) is 2.91. The van der Waals surface area contributed by atoms with Crippen LogP contribution in [0.1, 0.15) is 9.67 Å². The summed E-state index contributed by atoms with van der Waals surface area (Å²) < 4.78 is 3.51. The number of thiophene rings is 1. The molecular formula is C12H14Cl3N3O2S2. The Morgan fingerprint density at radius 3 is 2.59 bits per heavy atom. The average molecular weight is 403 g/mol. The smallest absolute Gasteiger partial charge is 0.263 e. The Labute approximate surface area is 152 Å². The van der Waals surface area contributed by atoms with Crippen molar-refractivity contribution in [1.29, 1.82) is 0 Å². The van der Waals surface area contributed by atoms with Crippen LogP contribution in [0.5, 0.6) is 0 Å². The highest BCUT2D eigenvalue weighted by Crippen LogP contribution is 2.29. The zero-order valence-electron chi connectivity index (χ0n) is 11.4. The summed E-state index contributed by atoms with van der Waals surface area (Å²) in [4.78, 5) is 14.6. The molecule has 22 heavy (non-hydrogen) atoms. The maximum atomic E-state index is 12.1. The van der Waals surface area contributed by atoms with Crippen LogP contribution in [0.3, 0.4) is 0 Å². The largest absolute Gasteiger partial charge is 0.378 e. The molecule has 10 heteroatoms. The number of hydrogen-bond donors (Lipinski definition) is 2. The molecule has 5 nitrogen and oxygen atoms in total. The average Bonchev–Trinajstić information content (AvgIpc) is 3.00. The number of nitrogens with zero attached hydrogens (tertiary/aromatic N) is 1. The molecule has 2 heterocycles. The fourth-order valence-corrected chi connectivity index (χ4v) is 3.05. The molecule has 0 aliphatic carbocycles. The van der Waals surface area contributed by atoms with Gasteiger partial charge in [-0.05, 0) is 23.7 Å². The number of carbonyl (C=O) groups is 1. The molecular weight excluding hydrogens is 389 g/mol. The number of ether oxygens (including phenoxy) is 1. The molecule has 0 radical (unpaired) electrons. The van der Waals surface area contributed by atoms with Crippen LogP contribution in [0.15, 0.2) is 17.5 Å². The molecule has 1 aromatic heterocycles. The van der Waals surface area contributed by atoms with E-state index < -0.39 is 9.96 Å². The number of alkyl halides is 3. The molecule has 0 saturated carbocycles. The van der Waals surface area contributed by atoms with Crippen molar-refractivity contribution in [3.05, 3.63) is 22.4 Å². The fraction of sp³-hybridized carbons (Fsp3) is 0.500. The van der Waals surface area contributed by atoms with Gasteiger partial charge in [0.25, 0.3) is 5.91 Å². The van der Waals surface area contributed by atoms with Crippen LogP contribution in [0.25, 0.3) is 0 Å².